The summed E-state index contributed by atoms with van der Waals surface area (Å²) >= 11 is 6.41. The van der Waals surface area contributed by atoms with E-state index in [0.29, 0.717) is 33.9 Å². The van der Waals surface area contributed by atoms with Gasteiger partial charge in [0, 0.05) is 6.54 Å². The molecule has 6 nitrogen and oxygen atoms in total. The lowest BCUT2D eigenvalue weighted by molar-refractivity contribution is -0.137. The van der Waals surface area contributed by atoms with Crippen LogP contribution in [0.3, 0.4) is 0 Å². The molecule has 1 aromatic rings. The quantitative estimate of drug-likeness (QED) is 0.221. The molecule has 0 spiro atoms. The van der Waals surface area contributed by atoms with Crippen molar-refractivity contribution < 1.29 is 24.2 Å². The smallest absolute Gasteiger partial charge is 0.305 e. The molecular weight excluding hydrogens is 434 g/mol. The van der Waals surface area contributed by atoms with Gasteiger partial charge in [-0.15, -0.1) is 0 Å². The third-order valence-electron chi connectivity index (χ3n) is 4.74. The summed E-state index contributed by atoms with van der Waals surface area (Å²) in [5.74, 6) is 0.110. The van der Waals surface area contributed by atoms with E-state index in [4.69, 9.17) is 26.8 Å². The highest BCUT2D eigenvalue weighted by atomic mass is 32.2. The van der Waals surface area contributed by atoms with Crippen molar-refractivity contribution in [1.82, 2.24) is 4.90 Å². The van der Waals surface area contributed by atoms with Crippen LogP contribution in [-0.4, -0.2) is 46.0 Å². The normalized spacial score (nSPS) is 15.0. The Kier molecular flexibility index (Phi) is 10.9. The summed E-state index contributed by atoms with van der Waals surface area (Å²) in [6.07, 6.45) is 8.82. The molecule has 1 fully saturated rings. The average Bonchev–Trinajstić information content (AvgIpc) is 2.99. The van der Waals surface area contributed by atoms with Gasteiger partial charge in [-0.1, -0.05) is 69.1 Å². The van der Waals surface area contributed by atoms with Crippen LogP contribution < -0.4 is 9.47 Å². The van der Waals surface area contributed by atoms with Gasteiger partial charge in [0.2, 0.25) is 0 Å². The standard InChI is InChI=1S/C23H31NO5S2/c1-3-5-6-7-8-9-14-29-18-11-10-17(15-19(18)28-4-2)16-20-22(27)24(23(30)31-20)13-12-21(25)26/h10-11,15-16H,3-9,12-14H2,1-2H3,(H,25,26)/b20-16-. The van der Waals surface area contributed by atoms with Crippen molar-refractivity contribution in [2.45, 2.75) is 58.8 Å². The van der Waals surface area contributed by atoms with Crippen molar-refractivity contribution in [3.8, 4) is 11.5 Å². The Morgan fingerprint density at radius 3 is 2.58 bits per heavy atom. The Bertz CT molecular complexity index is 809. The summed E-state index contributed by atoms with van der Waals surface area (Å²) in [6, 6.07) is 5.59. The number of benzene rings is 1. The van der Waals surface area contributed by atoms with E-state index in [1.807, 2.05) is 25.1 Å². The highest BCUT2D eigenvalue weighted by Crippen LogP contribution is 2.35. The fraction of sp³-hybridized carbons (Fsp3) is 0.522. The largest absolute Gasteiger partial charge is 0.490 e. The van der Waals surface area contributed by atoms with E-state index in [-0.39, 0.29) is 18.9 Å². The van der Waals surface area contributed by atoms with Crippen molar-refractivity contribution in [1.29, 1.82) is 0 Å². The van der Waals surface area contributed by atoms with Gasteiger partial charge in [-0.25, -0.2) is 0 Å². The van der Waals surface area contributed by atoms with Gasteiger partial charge in [0.05, 0.1) is 24.5 Å². The zero-order chi connectivity index (χ0) is 22.6. The van der Waals surface area contributed by atoms with E-state index in [1.165, 1.54) is 42.3 Å². The molecule has 170 valence electrons. The first-order valence-electron chi connectivity index (χ1n) is 10.8. The second-order valence-corrected chi connectivity index (χ2v) is 8.91. The van der Waals surface area contributed by atoms with Gasteiger partial charge in [0.1, 0.15) is 4.32 Å². The molecule has 0 aliphatic carbocycles. The number of thioether (sulfide) groups is 1. The number of rotatable bonds is 14. The van der Waals surface area contributed by atoms with Gasteiger partial charge < -0.3 is 14.6 Å². The second kappa shape index (κ2) is 13.4. The maximum atomic E-state index is 12.6. The van der Waals surface area contributed by atoms with Gasteiger partial charge in [0.25, 0.3) is 5.91 Å². The van der Waals surface area contributed by atoms with Crippen LogP contribution in [0.2, 0.25) is 0 Å². The second-order valence-electron chi connectivity index (χ2n) is 7.23. The summed E-state index contributed by atoms with van der Waals surface area (Å²) in [6.45, 7) is 5.36. The SMILES string of the molecule is CCCCCCCCOc1ccc(/C=C2\SC(=S)N(CCC(=O)O)C2=O)cc1OCC. The van der Waals surface area contributed by atoms with Crippen LogP contribution in [0.5, 0.6) is 11.5 Å². The first kappa shape index (κ1) is 25.2. The number of ether oxygens (including phenoxy) is 2. The third-order valence-corrected chi connectivity index (χ3v) is 6.12. The van der Waals surface area contributed by atoms with E-state index < -0.39 is 5.97 Å². The van der Waals surface area contributed by atoms with Crippen molar-refractivity contribution >= 4 is 46.3 Å². The fourth-order valence-electron chi connectivity index (χ4n) is 3.12. The molecule has 31 heavy (non-hydrogen) atoms. The van der Waals surface area contributed by atoms with Crippen LogP contribution in [0.4, 0.5) is 0 Å². The maximum Gasteiger partial charge on any atom is 0.305 e. The molecule has 0 aromatic heterocycles. The molecular formula is C23H31NO5S2. The molecule has 1 aromatic carbocycles. The number of carboxylic acids is 1. The highest BCUT2D eigenvalue weighted by molar-refractivity contribution is 8.26. The highest BCUT2D eigenvalue weighted by Gasteiger charge is 2.32. The summed E-state index contributed by atoms with van der Waals surface area (Å²) in [7, 11) is 0. The maximum absolute atomic E-state index is 12.6. The summed E-state index contributed by atoms with van der Waals surface area (Å²) < 4.78 is 12.0. The summed E-state index contributed by atoms with van der Waals surface area (Å²) in [4.78, 5) is 25.2. The number of nitrogens with zero attached hydrogens (tertiary/aromatic N) is 1. The van der Waals surface area contributed by atoms with Crippen LogP contribution >= 0.6 is 24.0 Å². The van der Waals surface area contributed by atoms with E-state index in [0.717, 1.165) is 18.4 Å². The summed E-state index contributed by atoms with van der Waals surface area (Å²) in [5, 5.41) is 8.85. The zero-order valence-electron chi connectivity index (χ0n) is 18.2. The minimum atomic E-state index is -0.962. The topological polar surface area (TPSA) is 76.1 Å². The number of unbranched alkanes of at least 4 members (excludes halogenated alkanes) is 5. The summed E-state index contributed by atoms with van der Waals surface area (Å²) in [5.41, 5.74) is 0.800. The number of thiocarbonyl (C=S) groups is 1. The average molecular weight is 466 g/mol. The lowest BCUT2D eigenvalue weighted by atomic mass is 10.1. The molecule has 1 aliphatic rings. The number of hydrogen-bond donors (Lipinski definition) is 1. The molecule has 8 heteroatoms. The van der Waals surface area contributed by atoms with Crippen LogP contribution in [-0.2, 0) is 9.59 Å². The van der Waals surface area contributed by atoms with Crippen molar-refractivity contribution in [3.63, 3.8) is 0 Å². The predicted octanol–water partition coefficient (Wildman–Crippen LogP) is 5.50. The third kappa shape index (κ3) is 8.18. The van der Waals surface area contributed by atoms with Crippen molar-refractivity contribution in [3.05, 3.63) is 28.7 Å². The monoisotopic (exact) mass is 465 g/mol. The van der Waals surface area contributed by atoms with Gasteiger partial charge in [-0.2, -0.15) is 0 Å². The Hall–Kier alpha value is -2.06. The number of carbonyl (C=O) groups excluding carboxylic acids is 1. The van der Waals surface area contributed by atoms with Crippen molar-refractivity contribution in [2.75, 3.05) is 19.8 Å². The minimum Gasteiger partial charge on any atom is -0.490 e. The molecule has 0 atom stereocenters. The van der Waals surface area contributed by atoms with Crippen LogP contribution in [0, 0.1) is 0 Å². The molecule has 1 saturated heterocycles. The van der Waals surface area contributed by atoms with Gasteiger partial charge in [-0.05, 0) is 37.1 Å². The predicted molar refractivity (Wildman–Crippen MR) is 129 cm³/mol. The Balaban J connectivity index is 2.00. The number of amides is 1. The Labute approximate surface area is 194 Å². The fourth-order valence-corrected chi connectivity index (χ4v) is 4.43. The molecule has 0 radical (unpaired) electrons. The molecule has 0 saturated carbocycles. The minimum absolute atomic E-state index is 0.0761. The molecule has 0 bridgehead atoms. The van der Waals surface area contributed by atoms with Crippen LogP contribution in [0.1, 0.15) is 64.4 Å². The molecule has 1 aliphatic heterocycles. The number of hydrogen-bond acceptors (Lipinski definition) is 6. The first-order chi connectivity index (χ1) is 15.0. The number of aliphatic carboxylic acids is 1. The van der Waals surface area contributed by atoms with E-state index >= 15 is 0 Å². The van der Waals surface area contributed by atoms with Gasteiger partial charge >= 0.3 is 5.97 Å². The molecule has 1 N–H and O–H groups in total. The number of carbonyl (C=O) groups is 2. The van der Waals surface area contributed by atoms with Crippen molar-refractivity contribution in [2.24, 2.45) is 0 Å². The van der Waals surface area contributed by atoms with Gasteiger partial charge in [0.15, 0.2) is 11.5 Å². The van der Waals surface area contributed by atoms with E-state index in [1.54, 1.807) is 6.08 Å². The lowest BCUT2D eigenvalue weighted by Crippen LogP contribution is -2.30. The van der Waals surface area contributed by atoms with E-state index in [9.17, 15) is 9.59 Å². The lowest BCUT2D eigenvalue weighted by Gasteiger charge is -2.13. The van der Waals surface area contributed by atoms with Crippen LogP contribution in [0.25, 0.3) is 6.08 Å². The molecule has 1 amide bonds. The van der Waals surface area contributed by atoms with E-state index in [2.05, 4.69) is 6.92 Å². The zero-order valence-corrected chi connectivity index (χ0v) is 19.9. The van der Waals surface area contributed by atoms with Crippen LogP contribution in [0.15, 0.2) is 23.1 Å². The molecule has 2 rings (SSSR count). The Morgan fingerprint density at radius 1 is 1.13 bits per heavy atom. The Morgan fingerprint density at radius 2 is 1.87 bits per heavy atom. The molecule has 0 unspecified atom stereocenters. The first-order valence-corrected chi connectivity index (χ1v) is 12.1. The molecule has 1 heterocycles. The number of carboxylic acid groups (broad SMARTS) is 1. The van der Waals surface area contributed by atoms with Gasteiger partial charge in [-0.3, -0.25) is 14.5 Å².